The third-order valence-corrected chi connectivity index (χ3v) is 2.75. The molecule has 0 saturated heterocycles. The first kappa shape index (κ1) is 13.0. The van der Waals surface area contributed by atoms with Crippen molar-refractivity contribution in [1.82, 2.24) is 4.98 Å². The molecule has 4 nitrogen and oxygen atoms in total. The summed E-state index contributed by atoms with van der Waals surface area (Å²) in [6.45, 7) is 0. The minimum absolute atomic E-state index is 0.0844. The standard InChI is InChI=1S/C14H12FNO3/c15-11-5-1-9(2-6-11)12-7-3-10(14(19)16-12)4-8-13(17)18/h1-3,5-7H,4,8H2,(H,16,19)(H,17,18). The van der Waals surface area contributed by atoms with E-state index in [1.807, 2.05) is 0 Å². The van der Waals surface area contributed by atoms with Crippen LogP contribution in [0.15, 0.2) is 41.2 Å². The molecule has 0 bridgehead atoms. The second kappa shape index (κ2) is 5.48. The number of nitrogens with one attached hydrogen (secondary N) is 1. The van der Waals surface area contributed by atoms with Crippen LogP contribution in [0.25, 0.3) is 11.3 Å². The van der Waals surface area contributed by atoms with E-state index in [0.29, 0.717) is 16.8 Å². The summed E-state index contributed by atoms with van der Waals surface area (Å²) in [7, 11) is 0. The summed E-state index contributed by atoms with van der Waals surface area (Å²) in [5.41, 5.74) is 1.38. The van der Waals surface area contributed by atoms with Crippen LogP contribution < -0.4 is 5.56 Å². The van der Waals surface area contributed by atoms with E-state index in [1.165, 1.54) is 12.1 Å². The molecule has 5 heteroatoms. The van der Waals surface area contributed by atoms with Gasteiger partial charge in [-0.05, 0) is 42.3 Å². The normalized spacial score (nSPS) is 10.4. The van der Waals surface area contributed by atoms with Crippen LogP contribution in [0.4, 0.5) is 4.39 Å². The fraction of sp³-hybridized carbons (Fsp3) is 0.143. The molecule has 0 aliphatic rings. The highest BCUT2D eigenvalue weighted by Crippen LogP contribution is 2.16. The van der Waals surface area contributed by atoms with Crippen LogP contribution in [-0.2, 0) is 11.2 Å². The topological polar surface area (TPSA) is 70.2 Å². The SMILES string of the molecule is O=C(O)CCc1ccc(-c2ccc(F)cc2)[nH]c1=O. The third-order valence-electron chi connectivity index (χ3n) is 2.75. The Balaban J connectivity index is 2.26. The van der Waals surface area contributed by atoms with Crippen molar-refractivity contribution in [2.75, 3.05) is 0 Å². The molecule has 0 spiro atoms. The zero-order valence-corrected chi connectivity index (χ0v) is 10.0. The van der Waals surface area contributed by atoms with Gasteiger partial charge in [-0.25, -0.2) is 4.39 Å². The predicted octanol–water partition coefficient (Wildman–Crippen LogP) is 2.20. The predicted molar refractivity (Wildman–Crippen MR) is 68.4 cm³/mol. The Kier molecular flexibility index (Phi) is 3.75. The smallest absolute Gasteiger partial charge is 0.303 e. The maximum absolute atomic E-state index is 12.8. The van der Waals surface area contributed by atoms with Crippen molar-refractivity contribution in [3.8, 4) is 11.3 Å². The van der Waals surface area contributed by atoms with E-state index in [0.717, 1.165) is 0 Å². The van der Waals surface area contributed by atoms with Gasteiger partial charge in [0.15, 0.2) is 0 Å². The van der Waals surface area contributed by atoms with Gasteiger partial charge in [0.1, 0.15) is 5.82 Å². The van der Waals surface area contributed by atoms with E-state index >= 15 is 0 Å². The van der Waals surface area contributed by atoms with Crippen LogP contribution in [0.3, 0.4) is 0 Å². The van der Waals surface area contributed by atoms with Crippen molar-refractivity contribution < 1.29 is 14.3 Å². The van der Waals surface area contributed by atoms with Gasteiger partial charge < -0.3 is 10.1 Å². The number of carboxylic acids is 1. The van der Waals surface area contributed by atoms with E-state index in [2.05, 4.69) is 4.98 Å². The van der Waals surface area contributed by atoms with E-state index in [4.69, 9.17) is 5.11 Å². The molecule has 98 valence electrons. The third kappa shape index (κ3) is 3.28. The van der Waals surface area contributed by atoms with Crippen LogP contribution in [0.5, 0.6) is 0 Å². The molecule has 19 heavy (non-hydrogen) atoms. The van der Waals surface area contributed by atoms with Gasteiger partial charge in [-0.15, -0.1) is 0 Å². The first-order chi connectivity index (χ1) is 9.06. The van der Waals surface area contributed by atoms with Crippen molar-refractivity contribution in [3.05, 3.63) is 58.1 Å². The minimum Gasteiger partial charge on any atom is -0.481 e. The molecule has 0 fully saturated rings. The van der Waals surface area contributed by atoms with E-state index in [-0.39, 0.29) is 24.2 Å². The second-order valence-electron chi connectivity index (χ2n) is 4.13. The number of H-pyrrole nitrogens is 1. The molecule has 0 aliphatic heterocycles. The number of halogens is 1. The minimum atomic E-state index is -0.943. The number of carbonyl (C=O) groups is 1. The Morgan fingerprint density at radius 2 is 1.84 bits per heavy atom. The van der Waals surface area contributed by atoms with Crippen molar-refractivity contribution in [3.63, 3.8) is 0 Å². The molecule has 0 atom stereocenters. The lowest BCUT2D eigenvalue weighted by Crippen LogP contribution is -2.14. The summed E-state index contributed by atoms with van der Waals surface area (Å²) in [6.07, 6.45) is 0.105. The quantitative estimate of drug-likeness (QED) is 0.886. The van der Waals surface area contributed by atoms with Crippen LogP contribution >= 0.6 is 0 Å². The van der Waals surface area contributed by atoms with Crippen molar-refractivity contribution in [2.24, 2.45) is 0 Å². The number of aromatic amines is 1. The van der Waals surface area contributed by atoms with Gasteiger partial charge in [-0.1, -0.05) is 6.07 Å². The summed E-state index contributed by atoms with van der Waals surface area (Å²) in [5.74, 6) is -1.29. The van der Waals surface area contributed by atoms with E-state index in [1.54, 1.807) is 24.3 Å². The summed E-state index contributed by atoms with van der Waals surface area (Å²) in [4.78, 5) is 24.9. The number of hydrogen-bond donors (Lipinski definition) is 2. The summed E-state index contributed by atoms with van der Waals surface area (Å²) < 4.78 is 12.8. The van der Waals surface area contributed by atoms with Crippen molar-refractivity contribution in [2.45, 2.75) is 12.8 Å². The van der Waals surface area contributed by atoms with E-state index < -0.39 is 5.97 Å². The maximum Gasteiger partial charge on any atom is 0.303 e. The monoisotopic (exact) mass is 261 g/mol. The highest BCUT2D eigenvalue weighted by molar-refractivity contribution is 5.67. The summed E-state index contributed by atoms with van der Waals surface area (Å²) in [6, 6.07) is 9.04. The van der Waals surface area contributed by atoms with Crippen LogP contribution in [0, 0.1) is 5.82 Å². The molecule has 2 N–H and O–H groups in total. The first-order valence-electron chi connectivity index (χ1n) is 5.76. The van der Waals surface area contributed by atoms with Gasteiger partial charge in [-0.2, -0.15) is 0 Å². The van der Waals surface area contributed by atoms with Gasteiger partial charge in [0.25, 0.3) is 5.56 Å². The largest absolute Gasteiger partial charge is 0.481 e. The number of carboxylic acid groups (broad SMARTS) is 1. The van der Waals surface area contributed by atoms with Crippen LogP contribution in [-0.4, -0.2) is 16.1 Å². The highest BCUT2D eigenvalue weighted by Gasteiger charge is 2.05. The number of hydrogen-bond acceptors (Lipinski definition) is 2. The van der Waals surface area contributed by atoms with E-state index in [9.17, 15) is 14.0 Å². The number of rotatable bonds is 4. The van der Waals surface area contributed by atoms with Gasteiger partial charge in [0.05, 0.1) is 0 Å². The zero-order valence-electron chi connectivity index (χ0n) is 10.0. The van der Waals surface area contributed by atoms with Gasteiger partial charge in [0, 0.05) is 17.7 Å². The molecule has 0 radical (unpaired) electrons. The highest BCUT2D eigenvalue weighted by atomic mass is 19.1. The first-order valence-corrected chi connectivity index (χ1v) is 5.76. The number of aryl methyl sites for hydroxylation is 1. The molecule has 0 amide bonds. The van der Waals surface area contributed by atoms with Gasteiger partial charge >= 0.3 is 5.97 Å². The molecule has 1 aromatic carbocycles. The summed E-state index contributed by atoms with van der Waals surface area (Å²) >= 11 is 0. The Labute approximate surface area is 108 Å². The average Bonchev–Trinajstić information content (AvgIpc) is 2.38. The van der Waals surface area contributed by atoms with Gasteiger partial charge in [0.2, 0.25) is 0 Å². The Bertz CT molecular complexity index is 646. The molecule has 0 saturated carbocycles. The van der Waals surface area contributed by atoms with Crippen molar-refractivity contribution in [1.29, 1.82) is 0 Å². The second-order valence-corrected chi connectivity index (χ2v) is 4.13. The Hall–Kier alpha value is -2.43. The van der Waals surface area contributed by atoms with Crippen LogP contribution in [0.2, 0.25) is 0 Å². The maximum atomic E-state index is 12.8. The summed E-state index contributed by atoms with van der Waals surface area (Å²) in [5, 5.41) is 8.58. The van der Waals surface area contributed by atoms with Gasteiger partial charge in [-0.3, -0.25) is 9.59 Å². The molecular weight excluding hydrogens is 249 g/mol. The lowest BCUT2D eigenvalue weighted by molar-refractivity contribution is -0.136. The average molecular weight is 261 g/mol. The molecule has 1 aromatic heterocycles. The zero-order chi connectivity index (χ0) is 13.8. The lowest BCUT2D eigenvalue weighted by Gasteiger charge is -2.03. The lowest BCUT2D eigenvalue weighted by atomic mass is 10.1. The van der Waals surface area contributed by atoms with Crippen LogP contribution in [0.1, 0.15) is 12.0 Å². The Morgan fingerprint density at radius 3 is 2.42 bits per heavy atom. The number of aliphatic carboxylic acids is 1. The van der Waals surface area contributed by atoms with Crippen molar-refractivity contribution >= 4 is 5.97 Å². The number of benzene rings is 1. The molecule has 2 rings (SSSR count). The number of aromatic nitrogens is 1. The molecule has 2 aromatic rings. The molecular formula is C14H12FNO3. The molecule has 1 heterocycles. The Morgan fingerprint density at radius 1 is 1.16 bits per heavy atom. The molecule has 0 unspecified atom stereocenters. The fourth-order valence-corrected chi connectivity index (χ4v) is 1.74. The number of pyridine rings is 1. The molecule has 0 aliphatic carbocycles. The fourth-order valence-electron chi connectivity index (χ4n) is 1.74.